The molecule has 2 aliphatic rings. The number of carbonyl (C=O) groups excluding carboxylic acids is 1. The largest absolute Gasteiger partial charge is 0.388 e. The van der Waals surface area contributed by atoms with Crippen molar-refractivity contribution in [2.75, 3.05) is 25.1 Å². The second-order valence-electron chi connectivity index (χ2n) is 9.29. The molecule has 196 valence electrons. The van der Waals surface area contributed by atoms with Gasteiger partial charge in [-0.1, -0.05) is 23.2 Å². The number of nitrogens with two attached hydrogens (primary N) is 2. The Labute approximate surface area is 219 Å². The summed E-state index contributed by atoms with van der Waals surface area (Å²) in [5, 5.41) is 29.1. The maximum absolute atomic E-state index is 12.5. The molecule has 9 nitrogen and oxygen atoms in total. The van der Waals surface area contributed by atoms with E-state index in [0.29, 0.717) is 29.9 Å². The summed E-state index contributed by atoms with van der Waals surface area (Å²) >= 11 is 11.6. The van der Waals surface area contributed by atoms with Crippen molar-refractivity contribution in [2.45, 2.75) is 37.2 Å². The van der Waals surface area contributed by atoms with Gasteiger partial charge in [-0.05, 0) is 55.7 Å². The molecule has 2 aliphatic carbocycles. The number of nitrogens with one attached hydrogen (secondary N) is 3. The van der Waals surface area contributed by atoms with Crippen molar-refractivity contribution in [3.8, 4) is 0 Å². The van der Waals surface area contributed by atoms with Gasteiger partial charge < -0.3 is 27.2 Å². The van der Waals surface area contributed by atoms with E-state index < -0.39 is 5.60 Å². The van der Waals surface area contributed by atoms with E-state index >= 15 is 0 Å². The predicted molar refractivity (Wildman–Crippen MR) is 141 cm³/mol. The van der Waals surface area contributed by atoms with Crippen LogP contribution in [-0.4, -0.2) is 46.7 Å². The van der Waals surface area contributed by atoms with Crippen LogP contribution in [0.15, 0.2) is 28.9 Å². The average molecular weight is 540 g/mol. The number of halogens is 3. The highest BCUT2D eigenvalue weighted by molar-refractivity contribution is 6.42. The number of aldehydes is 1. The molecule has 0 radical (unpaired) electrons. The molecule has 1 aromatic carbocycles. The Bertz CT molecular complexity index is 1170. The van der Waals surface area contributed by atoms with Crippen LogP contribution >= 0.6 is 23.2 Å². The number of rotatable bonds is 6. The van der Waals surface area contributed by atoms with Gasteiger partial charge in [-0.15, -0.1) is 0 Å². The second-order valence-corrected chi connectivity index (χ2v) is 10.1. The molecule has 0 bridgehead atoms. The molecule has 2 aromatic rings. The normalized spacial score (nSPS) is 25.4. The molecule has 2 fully saturated rings. The Hall–Kier alpha value is -2.82. The van der Waals surface area contributed by atoms with E-state index in [-0.39, 0.29) is 39.5 Å². The molecule has 4 rings (SSSR count). The molecule has 2 atom stereocenters. The van der Waals surface area contributed by atoms with Crippen LogP contribution in [0.3, 0.4) is 0 Å². The van der Waals surface area contributed by atoms with E-state index in [1.165, 1.54) is 16.8 Å². The molecule has 2 saturated carbocycles. The summed E-state index contributed by atoms with van der Waals surface area (Å²) in [7, 11) is 5.15. The van der Waals surface area contributed by atoms with E-state index in [4.69, 9.17) is 40.1 Å². The number of aryl methyl sites for hydroxylation is 1. The van der Waals surface area contributed by atoms with E-state index in [1.807, 2.05) is 0 Å². The zero-order chi connectivity index (χ0) is 26.8. The summed E-state index contributed by atoms with van der Waals surface area (Å²) in [6.07, 6.45) is 3.51. The average Bonchev–Trinajstić information content (AvgIpc) is 3.45. The zero-order valence-electron chi connectivity index (χ0n) is 20.4. The lowest BCUT2D eigenvalue weighted by Gasteiger charge is -2.28. The molecule has 1 aromatic heterocycles. The number of anilines is 2. The quantitative estimate of drug-likeness (QED) is 0.186. The maximum atomic E-state index is 12.5. The van der Waals surface area contributed by atoms with Crippen molar-refractivity contribution in [2.24, 2.45) is 24.6 Å². The summed E-state index contributed by atoms with van der Waals surface area (Å²) in [6.45, 7) is 0. The predicted octanol–water partition coefficient (Wildman–Crippen LogP) is 3.58. The number of aliphatic hydroxyl groups is 1. The Morgan fingerprint density at radius 1 is 1.33 bits per heavy atom. The molecule has 2 unspecified atom stereocenters. The number of hydrogen-bond acceptors (Lipinski definition) is 7. The van der Waals surface area contributed by atoms with E-state index in [1.54, 1.807) is 27.2 Å². The summed E-state index contributed by atoms with van der Waals surface area (Å²) in [6, 6.07) is 4.49. The van der Waals surface area contributed by atoms with Crippen molar-refractivity contribution >= 4 is 46.8 Å². The van der Waals surface area contributed by atoms with Crippen LogP contribution in [0.4, 0.5) is 15.9 Å². The van der Waals surface area contributed by atoms with Gasteiger partial charge in [0.25, 0.3) is 0 Å². The van der Waals surface area contributed by atoms with Gasteiger partial charge in [-0.25, -0.2) is 4.39 Å². The SMILES string of the molecule is CN/C(=C(/Cl)C(=N)N)C1(O)CC2CC(c3nn(C)c(N)c3C=O)CC2C1.CNc1ccc(F)c(Cl)c1. The fourth-order valence-corrected chi connectivity index (χ4v) is 5.87. The third kappa shape index (κ3) is 5.45. The van der Waals surface area contributed by atoms with E-state index in [2.05, 4.69) is 15.7 Å². The highest BCUT2D eigenvalue weighted by atomic mass is 35.5. The summed E-state index contributed by atoms with van der Waals surface area (Å²) in [4.78, 5) is 11.4. The van der Waals surface area contributed by atoms with Crippen molar-refractivity contribution in [3.63, 3.8) is 0 Å². The van der Waals surface area contributed by atoms with E-state index in [0.717, 1.165) is 30.5 Å². The van der Waals surface area contributed by atoms with Crippen LogP contribution in [-0.2, 0) is 7.05 Å². The summed E-state index contributed by atoms with van der Waals surface area (Å²) in [5.41, 5.74) is 12.8. The fourth-order valence-electron chi connectivity index (χ4n) is 5.42. The zero-order valence-corrected chi connectivity index (χ0v) is 21.9. The van der Waals surface area contributed by atoms with Crippen molar-refractivity contribution < 1.29 is 14.3 Å². The first-order valence-corrected chi connectivity index (χ1v) is 12.3. The molecule has 1 heterocycles. The number of aromatic nitrogens is 2. The lowest BCUT2D eigenvalue weighted by Crippen LogP contribution is -2.37. The van der Waals surface area contributed by atoms with Crippen molar-refractivity contribution in [1.82, 2.24) is 15.1 Å². The molecular formula is C24H32Cl2FN7O2. The van der Waals surface area contributed by atoms with Gasteiger partial charge in [0.2, 0.25) is 0 Å². The summed E-state index contributed by atoms with van der Waals surface area (Å²) < 4.78 is 14.0. The molecule has 36 heavy (non-hydrogen) atoms. The van der Waals surface area contributed by atoms with Crippen LogP contribution in [0.1, 0.15) is 47.7 Å². The van der Waals surface area contributed by atoms with Gasteiger partial charge >= 0.3 is 0 Å². The third-order valence-electron chi connectivity index (χ3n) is 7.08. The number of likely N-dealkylation sites (N-methyl/N-ethyl adjacent to an activating group) is 1. The third-order valence-corrected chi connectivity index (χ3v) is 7.77. The molecule has 12 heteroatoms. The number of nitrogen functional groups attached to an aromatic ring is 1. The monoisotopic (exact) mass is 539 g/mol. The molecule has 0 spiro atoms. The highest BCUT2D eigenvalue weighted by Crippen LogP contribution is 2.55. The van der Waals surface area contributed by atoms with Gasteiger partial charge in [0.15, 0.2) is 6.29 Å². The first-order chi connectivity index (χ1) is 16.9. The summed E-state index contributed by atoms with van der Waals surface area (Å²) in [5.74, 6) is 0.459. The Morgan fingerprint density at radius 3 is 2.42 bits per heavy atom. The van der Waals surface area contributed by atoms with Crippen LogP contribution in [0, 0.1) is 23.1 Å². The number of fused-ring (bicyclic) bond motifs is 1. The molecular weight excluding hydrogens is 508 g/mol. The number of hydrogen-bond donors (Lipinski definition) is 6. The minimum Gasteiger partial charge on any atom is -0.388 e. The van der Waals surface area contributed by atoms with Gasteiger partial charge in [0.05, 0.1) is 22.0 Å². The number of benzene rings is 1. The molecule has 0 amide bonds. The number of nitrogens with zero attached hydrogens (tertiary/aromatic N) is 2. The maximum Gasteiger partial charge on any atom is 0.155 e. The van der Waals surface area contributed by atoms with E-state index in [9.17, 15) is 14.3 Å². The fraction of sp³-hybridized carbons (Fsp3) is 0.458. The lowest BCUT2D eigenvalue weighted by atomic mass is 9.89. The molecule has 0 saturated heterocycles. The minimum absolute atomic E-state index is 0.0623. The van der Waals surface area contributed by atoms with Crippen LogP contribution < -0.4 is 22.1 Å². The lowest BCUT2D eigenvalue weighted by molar-refractivity contribution is 0.0695. The molecule has 0 aliphatic heterocycles. The van der Waals surface area contributed by atoms with Crippen LogP contribution in [0.2, 0.25) is 5.02 Å². The van der Waals surface area contributed by atoms with Gasteiger partial charge in [0.1, 0.15) is 28.1 Å². The van der Waals surface area contributed by atoms with Crippen molar-refractivity contribution in [3.05, 3.63) is 51.0 Å². The minimum atomic E-state index is -1.12. The number of amidine groups is 1. The topological polar surface area (TPSA) is 155 Å². The Kier molecular flexibility index (Phi) is 8.53. The highest BCUT2D eigenvalue weighted by Gasteiger charge is 2.52. The van der Waals surface area contributed by atoms with Gasteiger partial charge in [0, 0.05) is 32.7 Å². The standard InChI is InChI=1S/C17H25ClN6O2.C7H7ClFN/c1-22-14(12(18)15(19)20)17(26)5-9-3-8(4-10(9)6-17)13-11(7-25)16(21)24(2)23-13;1-10-5-2-3-7(9)6(8)4-5/h7-10,22,26H,3-6,21H2,1-2H3,(H3,19,20);2-4,10H,1H3/b14-12+;. The Balaban J connectivity index is 0.000000303. The first kappa shape index (κ1) is 27.8. The van der Waals surface area contributed by atoms with Gasteiger partial charge in [-0.2, -0.15) is 5.10 Å². The Morgan fingerprint density at radius 2 is 1.94 bits per heavy atom. The number of carbonyl (C=O) groups is 1. The molecule has 8 N–H and O–H groups in total. The van der Waals surface area contributed by atoms with Crippen molar-refractivity contribution in [1.29, 1.82) is 5.41 Å². The van der Waals surface area contributed by atoms with Crippen LogP contribution in [0.5, 0.6) is 0 Å². The van der Waals surface area contributed by atoms with Crippen LogP contribution in [0.25, 0.3) is 0 Å². The van der Waals surface area contributed by atoms with Gasteiger partial charge in [-0.3, -0.25) is 14.9 Å². The second kappa shape index (κ2) is 11.1. The first-order valence-electron chi connectivity index (χ1n) is 11.5. The smallest absolute Gasteiger partial charge is 0.155 e.